The number of nitrogens with zero attached hydrogens (tertiary/aromatic N) is 4. The summed E-state index contributed by atoms with van der Waals surface area (Å²) < 4.78 is 7.57. The van der Waals surface area contributed by atoms with Crippen LogP contribution in [-0.2, 0) is 10.2 Å². The highest BCUT2D eigenvalue weighted by atomic mass is 79.9. The normalized spacial score (nSPS) is 12.4. The van der Waals surface area contributed by atoms with E-state index in [1.807, 2.05) is 37.3 Å². The summed E-state index contributed by atoms with van der Waals surface area (Å²) in [5, 5.41) is 19.2. The molecule has 188 valence electrons. The minimum atomic E-state index is -0.555. The van der Waals surface area contributed by atoms with Gasteiger partial charge in [-0.25, -0.2) is 9.48 Å². The number of halogens is 3. The predicted molar refractivity (Wildman–Crippen MR) is 148 cm³/mol. The Morgan fingerprint density at radius 2 is 1.83 bits per heavy atom. The van der Waals surface area contributed by atoms with Gasteiger partial charge in [-0.1, -0.05) is 83.4 Å². The molecule has 0 saturated heterocycles. The molecule has 0 spiro atoms. The molecule has 0 bridgehead atoms. The molecule has 0 saturated carbocycles. The molecular weight excluding hydrogens is 585 g/mol. The fraction of sp³-hybridized carbons (Fsp3) is 0.280. The largest absolute Gasteiger partial charge is 0.453 e. The molecule has 0 fully saturated rings. The van der Waals surface area contributed by atoms with Crippen LogP contribution in [0.3, 0.4) is 0 Å². The van der Waals surface area contributed by atoms with Gasteiger partial charge < -0.3 is 10.1 Å². The zero-order valence-electron chi connectivity index (χ0n) is 20.3. The smallest absolute Gasteiger partial charge is 0.407 e. The Morgan fingerprint density at radius 1 is 1.14 bits per heavy atom. The van der Waals surface area contributed by atoms with Crippen LogP contribution in [-0.4, -0.2) is 33.2 Å². The highest BCUT2D eigenvalue weighted by molar-refractivity contribution is 9.10. The van der Waals surface area contributed by atoms with Crippen LogP contribution in [0.4, 0.5) is 4.79 Å². The Hall–Kier alpha value is -2.46. The fourth-order valence-corrected chi connectivity index (χ4v) is 5.29. The van der Waals surface area contributed by atoms with E-state index in [-0.39, 0.29) is 5.41 Å². The van der Waals surface area contributed by atoms with E-state index in [1.54, 1.807) is 16.8 Å². The van der Waals surface area contributed by atoms with Crippen molar-refractivity contribution in [3.8, 4) is 27.6 Å². The average Bonchev–Trinajstić information content (AvgIpc) is 3.45. The van der Waals surface area contributed by atoms with E-state index in [9.17, 15) is 4.79 Å². The fourth-order valence-electron chi connectivity index (χ4n) is 3.64. The van der Waals surface area contributed by atoms with Crippen molar-refractivity contribution in [2.45, 2.75) is 39.2 Å². The molecule has 0 aliphatic heterocycles. The van der Waals surface area contributed by atoms with Crippen molar-refractivity contribution in [2.24, 2.45) is 0 Å². The second kappa shape index (κ2) is 10.5. The number of hydrogen-bond acceptors (Lipinski definition) is 6. The van der Waals surface area contributed by atoms with Gasteiger partial charge in [0.15, 0.2) is 5.01 Å². The van der Waals surface area contributed by atoms with Gasteiger partial charge in [-0.2, -0.15) is 5.10 Å². The summed E-state index contributed by atoms with van der Waals surface area (Å²) in [7, 11) is 1.33. The predicted octanol–water partition coefficient (Wildman–Crippen LogP) is 7.84. The Bertz CT molecular complexity index is 1410. The number of alkyl carbamates (subject to hydrolysis) is 1. The van der Waals surface area contributed by atoms with E-state index in [4.69, 9.17) is 33.0 Å². The van der Waals surface area contributed by atoms with Crippen LogP contribution < -0.4 is 5.32 Å². The van der Waals surface area contributed by atoms with Crippen molar-refractivity contribution < 1.29 is 9.53 Å². The van der Waals surface area contributed by atoms with Gasteiger partial charge in [-0.05, 0) is 37.3 Å². The molecule has 36 heavy (non-hydrogen) atoms. The van der Waals surface area contributed by atoms with Crippen LogP contribution in [0.2, 0.25) is 10.0 Å². The van der Waals surface area contributed by atoms with Crippen LogP contribution in [0.25, 0.3) is 27.6 Å². The van der Waals surface area contributed by atoms with Crippen molar-refractivity contribution >= 4 is 56.6 Å². The minimum absolute atomic E-state index is 0.178. The van der Waals surface area contributed by atoms with Crippen molar-refractivity contribution in [3.63, 3.8) is 0 Å². The zero-order valence-corrected chi connectivity index (χ0v) is 24.2. The summed E-state index contributed by atoms with van der Waals surface area (Å²) in [6, 6.07) is 12.6. The van der Waals surface area contributed by atoms with Gasteiger partial charge in [0.1, 0.15) is 10.7 Å². The maximum atomic E-state index is 12.2. The van der Waals surface area contributed by atoms with Crippen molar-refractivity contribution in [1.82, 2.24) is 25.3 Å². The lowest BCUT2D eigenvalue weighted by molar-refractivity contribution is 0.167. The first-order valence-corrected chi connectivity index (χ1v) is 13.4. The first kappa shape index (κ1) is 26.6. The lowest BCUT2D eigenvalue weighted by Crippen LogP contribution is -2.26. The molecular formula is C25H24BrCl2N5O2S. The first-order chi connectivity index (χ1) is 17.0. The van der Waals surface area contributed by atoms with Gasteiger partial charge in [-0.3, -0.25) is 0 Å². The SMILES string of the molecule is COC(=O)NC(C)c1c(-c2nnc(C(C)(C)C)s2)nn(-c2ccc(Cl)cc2Cl)c1-c1ccc(Br)cc1. The van der Waals surface area contributed by atoms with Crippen molar-refractivity contribution in [2.75, 3.05) is 7.11 Å². The molecule has 1 N–H and O–H groups in total. The van der Waals surface area contributed by atoms with Gasteiger partial charge >= 0.3 is 6.09 Å². The lowest BCUT2D eigenvalue weighted by atomic mass is 9.98. The first-order valence-electron chi connectivity index (χ1n) is 11.0. The molecule has 11 heteroatoms. The molecule has 0 aliphatic rings. The number of aromatic nitrogens is 4. The van der Waals surface area contributed by atoms with Crippen molar-refractivity contribution in [1.29, 1.82) is 0 Å². The van der Waals surface area contributed by atoms with Gasteiger partial charge in [0, 0.05) is 26.0 Å². The molecule has 4 rings (SSSR count). The Kier molecular flexibility index (Phi) is 7.75. The van der Waals surface area contributed by atoms with E-state index < -0.39 is 12.1 Å². The monoisotopic (exact) mass is 607 g/mol. The molecule has 2 aromatic carbocycles. The maximum Gasteiger partial charge on any atom is 0.407 e. The number of carbonyl (C=O) groups excluding carboxylic acids is 1. The lowest BCUT2D eigenvalue weighted by Gasteiger charge is -2.17. The van der Waals surface area contributed by atoms with Crippen LogP contribution in [0.5, 0.6) is 0 Å². The molecule has 2 aromatic heterocycles. The second-order valence-electron chi connectivity index (χ2n) is 9.15. The number of hydrogen-bond donors (Lipinski definition) is 1. The number of rotatable bonds is 5. The van der Waals surface area contributed by atoms with Crippen LogP contribution in [0.1, 0.15) is 44.3 Å². The third-order valence-corrected chi connectivity index (χ3v) is 7.82. The maximum absolute atomic E-state index is 12.2. The van der Waals surface area contributed by atoms with Gasteiger partial charge in [-0.15, -0.1) is 10.2 Å². The van der Waals surface area contributed by atoms with Crippen LogP contribution in [0.15, 0.2) is 46.9 Å². The number of nitrogens with one attached hydrogen (secondary N) is 1. The molecule has 2 heterocycles. The van der Waals surface area contributed by atoms with E-state index in [0.29, 0.717) is 26.4 Å². The Morgan fingerprint density at radius 3 is 2.42 bits per heavy atom. The van der Waals surface area contributed by atoms with Crippen LogP contribution in [0, 0.1) is 0 Å². The summed E-state index contributed by atoms with van der Waals surface area (Å²) in [5.74, 6) is 0. The third kappa shape index (κ3) is 5.44. The molecule has 1 unspecified atom stereocenters. The molecule has 4 aromatic rings. The number of ether oxygens (including phenoxy) is 1. The number of carbonyl (C=O) groups is 1. The second-order valence-corrected chi connectivity index (χ2v) is 11.9. The quantitative estimate of drug-likeness (QED) is 0.249. The molecule has 0 radical (unpaired) electrons. The summed E-state index contributed by atoms with van der Waals surface area (Å²) in [6.07, 6.45) is -0.555. The van der Waals surface area contributed by atoms with Crippen molar-refractivity contribution in [3.05, 3.63) is 67.6 Å². The third-order valence-electron chi connectivity index (χ3n) is 5.40. The standard InChI is InChI=1S/C25H24BrCl2N5O2S/c1-13(29-24(34)35-5)19-20(22-30-31-23(36-22)25(2,3)4)32-33(18-11-10-16(27)12-17(18)28)21(19)14-6-8-15(26)9-7-14/h6-13H,1-5H3,(H,29,34). The van der Waals surface area contributed by atoms with E-state index in [2.05, 4.69) is 52.2 Å². The summed E-state index contributed by atoms with van der Waals surface area (Å²) >= 11 is 17.8. The molecule has 1 amide bonds. The topological polar surface area (TPSA) is 81.9 Å². The van der Waals surface area contributed by atoms with Gasteiger partial charge in [0.25, 0.3) is 0 Å². The summed E-state index contributed by atoms with van der Waals surface area (Å²) in [6.45, 7) is 8.12. The molecule has 0 aliphatic carbocycles. The number of benzene rings is 2. The Balaban J connectivity index is 2.05. The van der Waals surface area contributed by atoms with E-state index in [0.717, 1.165) is 26.3 Å². The average molecular weight is 609 g/mol. The molecule has 7 nitrogen and oxygen atoms in total. The minimum Gasteiger partial charge on any atom is -0.453 e. The van der Waals surface area contributed by atoms with E-state index >= 15 is 0 Å². The van der Waals surface area contributed by atoms with Gasteiger partial charge in [0.2, 0.25) is 0 Å². The zero-order chi connectivity index (χ0) is 26.2. The molecule has 1 atom stereocenters. The number of methoxy groups -OCH3 is 1. The highest BCUT2D eigenvalue weighted by Crippen LogP contribution is 2.41. The Labute approximate surface area is 231 Å². The number of amides is 1. The summed E-state index contributed by atoms with van der Waals surface area (Å²) in [5.41, 5.74) is 3.43. The van der Waals surface area contributed by atoms with Crippen LogP contribution >= 0.6 is 50.5 Å². The van der Waals surface area contributed by atoms with Gasteiger partial charge in [0.05, 0.1) is 29.6 Å². The van der Waals surface area contributed by atoms with E-state index in [1.165, 1.54) is 18.4 Å². The summed E-state index contributed by atoms with van der Waals surface area (Å²) in [4.78, 5) is 12.2. The highest BCUT2D eigenvalue weighted by Gasteiger charge is 2.30.